The van der Waals surface area contributed by atoms with Crippen LogP contribution in [0.5, 0.6) is 11.5 Å². The van der Waals surface area contributed by atoms with Gasteiger partial charge in [-0.3, -0.25) is 4.40 Å². The average molecular weight is 494 g/mol. The second-order valence-electron chi connectivity index (χ2n) is 7.76. The lowest BCUT2D eigenvalue weighted by Gasteiger charge is -2.15. The van der Waals surface area contributed by atoms with E-state index in [0.29, 0.717) is 38.4 Å². The van der Waals surface area contributed by atoms with E-state index in [1.54, 1.807) is 40.8 Å². The van der Waals surface area contributed by atoms with E-state index >= 15 is 0 Å². The van der Waals surface area contributed by atoms with E-state index in [4.69, 9.17) is 26.8 Å². The first-order valence-electron chi connectivity index (χ1n) is 10.7. The molecule has 0 aliphatic carbocycles. The van der Waals surface area contributed by atoms with Crippen LogP contribution in [0.3, 0.4) is 0 Å². The van der Waals surface area contributed by atoms with E-state index in [0.717, 1.165) is 0 Å². The van der Waals surface area contributed by atoms with E-state index in [-0.39, 0.29) is 28.4 Å². The number of para-hydroxylation sites is 2. The Morgan fingerprint density at radius 3 is 2.42 bits per heavy atom. The van der Waals surface area contributed by atoms with Crippen LogP contribution in [0.4, 0.5) is 5.82 Å². The van der Waals surface area contributed by atoms with Crippen molar-refractivity contribution in [2.75, 3.05) is 12.8 Å². The zero-order valence-corrected chi connectivity index (χ0v) is 19.6. The molecule has 0 saturated heterocycles. The number of hydrogen-bond donors (Lipinski definition) is 1. The van der Waals surface area contributed by atoms with Gasteiger partial charge in [-0.05, 0) is 54.1 Å². The van der Waals surface area contributed by atoms with Crippen molar-refractivity contribution >= 4 is 40.1 Å². The van der Waals surface area contributed by atoms with Crippen molar-refractivity contribution in [1.82, 2.24) is 9.38 Å². The summed E-state index contributed by atoms with van der Waals surface area (Å²) in [5, 5.41) is 20.6. The molecule has 0 bridgehead atoms. The van der Waals surface area contributed by atoms with Crippen molar-refractivity contribution < 1.29 is 14.3 Å². The van der Waals surface area contributed by atoms with Crippen LogP contribution in [0.15, 0.2) is 66.7 Å². The fraction of sp³-hybridized carbons (Fsp3) is 0.0370. The number of halogens is 1. The number of nitriles is 2. The quantitative estimate of drug-likeness (QED) is 0.263. The zero-order valence-electron chi connectivity index (χ0n) is 18.8. The summed E-state index contributed by atoms with van der Waals surface area (Å²) < 4.78 is 12.6. The van der Waals surface area contributed by atoms with Gasteiger partial charge in [-0.15, -0.1) is 0 Å². The molecular formula is C27H16ClN5O3. The van der Waals surface area contributed by atoms with E-state index < -0.39 is 5.97 Å². The van der Waals surface area contributed by atoms with Gasteiger partial charge in [0.1, 0.15) is 29.1 Å². The second kappa shape index (κ2) is 8.95. The Balaban J connectivity index is 1.66. The lowest BCUT2D eigenvalue weighted by atomic mass is 9.96. The molecule has 36 heavy (non-hydrogen) atoms. The van der Waals surface area contributed by atoms with Crippen molar-refractivity contribution in [2.45, 2.75) is 0 Å². The van der Waals surface area contributed by atoms with E-state index in [9.17, 15) is 15.3 Å². The number of carbonyl (C=O) groups excluding carboxylic acids is 1. The van der Waals surface area contributed by atoms with Crippen molar-refractivity contribution in [2.24, 2.45) is 0 Å². The summed E-state index contributed by atoms with van der Waals surface area (Å²) in [6.07, 6.45) is 0. The number of fused-ring (bicyclic) bond motifs is 3. The molecule has 0 saturated carbocycles. The van der Waals surface area contributed by atoms with Crippen molar-refractivity contribution in [1.29, 1.82) is 10.5 Å². The molecule has 0 amide bonds. The van der Waals surface area contributed by atoms with Crippen LogP contribution in [0.25, 0.3) is 27.8 Å². The number of pyridine rings is 1. The van der Waals surface area contributed by atoms with E-state index in [2.05, 4.69) is 17.1 Å². The van der Waals surface area contributed by atoms with Crippen molar-refractivity contribution in [3.8, 4) is 34.8 Å². The number of hydrogen-bond acceptors (Lipinski definition) is 7. The molecule has 2 N–H and O–H groups in total. The Kier molecular flexibility index (Phi) is 5.65. The molecule has 8 nitrogen and oxygen atoms in total. The molecule has 0 unspecified atom stereocenters. The summed E-state index contributed by atoms with van der Waals surface area (Å²) in [6.45, 7) is 0. The van der Waals surface area contributed by atoms with Gasteiger partial charge in [-0.1, -0.05) is 29.8 Å². The normalized spacial score (nSPS) is 10.7. The number of benzene rings is 3. The molecule has 0 radical (unpaired) electrons. The third kappa shape index (κ3) is 3.63. The maximum absolute atomic E-state index is 12.6. The summed E-state index contributed by atoms with van der Waals surface area (Å²) in [6, 6.07) is 22.6. The van der Waals surface area contributed by atoms with Crippen LogP contribution in [0.1, 0.15) is 21.5 Å². The highest BCUT2D eigenvalue weighted by Crippen LogP contribution is 2.39. The van der Waals surface area contributed by atoms with Gasteiger partial charge >= 0.3 is 5.97 Å². The van der Waals surface area contributed by atoms with Crippen LogP contribution in [0.2, 0.25) is 5.02 Å². The number of carbonyl (C=O) groups is 1. The maximum Gasteiger partial charge on any atom is 0.343 e. The van der Waals surface area contributed by atoms with Gasteiger partial charge in [-0.2, -0.15) is 10.5 Å². The first kappa shape index (κ1) is 22.7. The molecule has 3 aromatic carbocycles. The number of nitrogens with two attached hydrogens (primary N) is 1. The number of aromatic nitrogens is 2. The summed E-state index contributed by atoms with van der Waals surface area (Å²) in [4.78, 5) is 17.2. The first-order valence-corrected chi connectivity index (χ1v) is 11.0. The fourth-order valence-corrected chi connectivity index (χ4v) is 4.20. The molecule has 2 aromatic heterocycles. The SMILES string of the molecule is COc1cc(-c2c(C#N)c(N)n3c(nc4ccccc43)c2C#N)ccc1OC(=O)c1ccc(Cl)cc1. The van der Waals surface area contributed by atoms with Crippen molar-refractivity contribution in [3.63, 3.8) is 0 Å². The lowest BCUT2D eigenvalue weighted by molar-refractivity contribution is 0.0729. The largest absolute Gasteiger partial charge is 0.493 e. The number of imidazole rings is 1. The number of rotatable bonds is 4. The minimum absolute atomic E-state index is 0.121. The molecule has 5 rings (SSSR count). The predicted octanol–water partition coefficient (Wildman–Crippen LogP) is 5.36. The van der Waals surface area contributed by atoms with E-state index in [1.165, 1.54) is 13.2 Å². The van der Waals surface area contributed by atoms with Crippen LogP contribution in [-0.2, 0) is 0 Å². The monoisotopic (exact) mass is 493 g/mol. The van der Waals surface area contributed by atoms with Crippen LogP contribution >= 0.6 is 11.6 Å². The van der Waals surface area contributed by atoms with Crippen LogP contribution in [0, 0.1) is 22.7 Å². The van der Waals surface area contributed by atoms with Gasteiger partial charge in [0.2, 0.25) is 0 Å². The van der Waals surface area contributed by atoms with Crippen molar-refractivity contribution in [3.05, 3.63) is 88.4 Å². The molecular weight excluding hydrogens is 478 g/mol. The summed E-state index contributed by atoms with van der Waals surface area (Å²) >= 11 is 5.89. The molecule has 9 heteroatoms. The summed E-state index contributed by atoms with van der Waals surface area (Å²) in [5.74, 6) is -0.0383. The molecule has 5 aromatic rings. The lowest BCUT2D eigenvalue weighted by Crippen LogP contribution is -2.09. The highest BCUT2D eigenvalue weighted by Gasteiger charge is 2.24. The third-order valence-electron chi connectivity index (χ3n) is 5.74. The van der Waals surface area contributed by atoms with Gasteiger partial charge < -0.3 is 15.2 Å². The molecule has 0 aliphatic heterocycles. The minimum atomic E-state index is -0.595. The van der Waals surface area contributed by atoms with E-state index in [1.807, 2.05) is 24.3 Å². The number of methoxy groups -OCH3 is 1. The second-order valence-corrected chi connectivity index (χ2v) is 8.19. The van der Waals surface area contributed by atoms with Crippen LogP contribution in [-0.4, -0.2) is 22.5 Å². The average Bonchev–Trinajstić information content (AvgIpc) is 3.29. The Labute approximate surface area is 210 Å². The standard InChI is InChI=1S/C27H16ClN5O3/c1-35-23-12-16(8-11-22(23)36-27(34)15-6-9-17(28)10-7-15)24-18(13-29)25(31)33-21-5-3-2-4-20(21)32-26(33)19(24)14-30/h2-12H,31H2,1H3. The summed E-state index contributed by atoms with van der Waals surface area (Å²) in [7, 11) is 1.42. The third-order valence-corrected chi connectivity index (χ3v) is 5.99. The number of esters is 1. The highest BCUT2D eigenvalue weighted by molar-refractivity contribution is 6.30. The first-order chi connectivity index (χ1) is 17.5. The molecule has 0 spiro atoms. The summed E-state index contributed by atoms with van der Waals surface area (Å²) in [5.41, 5.74) is 9.50. The highest BCUT2D eigenvalue weighted by atomic mass is 35.5. The van der Waals surface area contributed by atoms with Crippen LogP contribution < -0.4 is 15.2 Å². The number of ether oxygens (including phenoxy) is 2. The Morgan fingerprint density at radius 2 is 1.72 bits per heavy atom. The molecule has 174 valence electrons. The molecule has 0 atom stereocenters. The Morgan fingerprint density at radius 1 is 1.00 bits per heavy atom. The number of anilines is 1. The molecule has 0 fully saturated rings. The molecule has 2 heterocycles. The minimum Gasteiger partial charge on any atom is -0.493 e. The van der Waals surface area contributed by atoms with Gasteiger partial charge in [-0.25, -0.2) is 9.78 Å². The van der Waals surface area contributed by atoms with Gasteiger partial charge in [0, 0.05) is 10.6 Å². The van der Waals surface area contributed by atoms with Gasteiger partial charge in [0.15, 0.2) is 17.1 Å². The number of nitrogens with zero attached hydrogens (tertiary/aromatic N) is 4. The Bertz CT molecular complexity index is 1760. The maximum atomic E-state index is 12.6. The molecule has 0 aliphatic rings. The fourth-order valence-electron chi connectivity index (χ4n) is 4.07. The predicted molar refractivity (Wildman–Crippen MR) is 135 cm³/mol. The smallest absolute Gasteiger partial charge is 0.343 e. The number of nitrogen functional groups attached to an aromatic ring is 1. The zero-order chi connectivity index (χ0) is 25.4. The van der Waals surface area contributed by atoms with Gasteiger partial charge in [0.25, 0.3) is 0 Å². The topological polar surface area (TPSA) is 126 Å². The Hall–Kier alpha value is -5.05. The van der Waals surface area contributed by atoms with Gasteiger partial charge in [0.05, 0.1) is 23.7 Å².